The summed E-state index contributed by atoms with van der Waals surface area (Å²) in [6, 6.07) is 0. The molecule has 6 nitrogen and oxygen atoms in total. The molecule has 1 aliphatic rings. The molecule has 1 heterocycles. The fourth-order valence-electron chi connectivity index (χ4n) is 2.97. The Kier molecular flexibility index (Phi) is 15.7. The third-order valence-electron chi connectivity index (χ3n) is 4.68. The Labute approximate surface area is 166 Å². The van der Waals surface area contributed by atoms with Gasteiger partial charge in [0.15, 0.2) is 0 Å². The van der Waals surface area contributed by atoms with E-state index >= 15 is 0 Å². The Bertz CT molecular complexity index is 355. The van der Waals surface area contributed by atoms with E-state index < -0.39 is 7.82 Å². The molecule has 0 aromatic carbocycles. The predicted molar refractivity (Wildman–Crippen MR) is 110 cm³/mol. The van der Waals surface area contributed by atoms with E-state index in [1.807, 2.05) is 0 Å². The number of hydroxylamine groups is 2. The van der Waals surface area contributed by atoms with Gasteiger partial charge in [0.05, 0.1) is 26.4 Å². The van der Waals surface area contributed by atoms with E-state index in [9.17, 15) is 4.57 Å². The second-order valence-electron chi connectivity index (χ2n) is 7.27. The summed E-state index contributed by atoms with van der Waals surface area (Å²) in [5, 5.41) is 1.66. The lowest BCUT2D eigenvalue weighted by Crippen LogP contribution is -2.35. The van der Waals surface area contributed by atoms with Crippen LogP contribution in [0.4, 0.5) is 0 Å². The number of morpholine rings is 1. The van der Waals surface area contributed by atoms with Crippen LogP contribution >= 0.6 is 7.82 Å². The van der Waals surface area contributed by atoms with Crippen LogP contribution in [0.5, 0.6) is 0 Å². The average Bonchev–Trinajstić information content (AvgIpc) is 2.67. The monoisotopic (exact) mass is 407 g/mol. The van der Waals surface area contributed by atoms with Gasteiger partial charge in [0.25, 0.3) is 0 Å². The van der Waals surface area contributed by atoms with Crippen molar-refractivity contribution in [1.82, 2.24) is 5.06 Å². The molecular weight excluding hydrogens is 365 g/mol. The highest BCUT2D eigenvalue weighted by atomic mass is 31.2. The van der Waals surface area contributed by atoms with Gasteiger partial charge in [-0.25, -0.2) is 4.57 Å². The van der Waals surface area contributed by atoms with E-state index in [-0.39, 0.29) is 0 Å². The summed E-state index contributed by atoms with van der Waals surface area (Å²) in [5.74, 6) is 0. The van der Waals surface area contributed by atoms with Crippen LogP contribution in [0.1, 0.15) is 90.9 Å². The first-order valence-corrected chi connectivity index (χ1v) is 12.6. The van der Waals surface area contributed by atoms with Crippen LogP contribution in [0, 0.1) is 0 Å². The van der Waals surface area contributed by atoms with Gasteiger partial charge in [0.2, 0.25) is 0 Å². The quantitative estimate of drug-likeness (QED) is 0.202. The highest BCUT2D eigenvalue weighted by molar-refractivity contribution is 7.48. The van der Waals surface area contributed by atoms with Crippen LogP contribution in [-0.4, -0.2) is 44.6 Å². The minimum Gasteiger partial charge on any atom is -0.379 e. The second-order valence-corrected chi connectivity index (χ2v) is 8.85. The van der Waals surface area contributed by atoms with Crippen LogP contribution in [0.2, 0.25) is 0 Å². The topological polar surface area (TPSA) is 57.2 Å². The maximum Gasteiger partial charge on any atom is 0.491 e. The lowest BCUT2D eigenvalue weighted by Gasteiger charge is -2.28. The first-order valence-electron chi connectivity index (χ1n) is 11.1. The van der Waals surface area contributed by atoms with Gasteiger partial charge in [-0.1, -0.05) is 78.1 Å². The first kappa shape index (κ1) is 25.1. The number of nitrogens with zero attached hydrogens (tertiary/aromatic N) is 1. The number of hydrogen-bond acceptors (Lipinski definition) is 6. The zero-order valence-electron chi connectivity index (χ0n) is 17.7. The Balaban J connectivity index is 2.28. The van der Waals surface area contributed by atoms with Gasteiger partial charge in [-0.3, -0.25) is 9.05 Å². The van der Waals surface area contributed by atoms with Crippen LogP contribution in [0.25, 0.3) is 0 Å². The molecule has 0 saturated carbocycles. The van der Waals surface area contributed by atoms with Crippen molar-refractivity contribution < 1.29 is 23.0 Å². The zero-order chi connectivity index (χ0) is 19.6. The van der Waals surface area contributed by atoms with Crippen molar-refractivity contribution >= 4 is 7.82 Å². The normalized spacial score (nSPS) is 16.1. The number of phosphoric acid groups is 1. The molecule has 7 heteroatoms. The Morgan fingerprint density at radius 1 is 0.741 bits per heavy atom. The molecule has 0 N–H and O–H groups in total. The summed E-state index contributed by atoms with van der Waals surface area (Å²) in [4.78, 5) is 0. The molecule has 1 aliphatic heterocycles. The van der Waals surface area contributed by atoms with E-state index in [2.05, 4.69) is 13.8 Å². The number of hydrogen-bond donors (Lipinski definition) is 0. The van der Waals surface area contributed by atoms with Gasteiger partial charge in [-0.2, -0.15) is 9.69 Å². The van der Waals surface area contributed by atoms with E-state index in [0.29, 0.717) is 39.5 Å². The van der Waals surface area contributed by atoms with Gasteiger partial charge in [0, 0.05) is 13.1 Å². The van der Waals surface area contributed by atoms with Crippen molar-refractivity contribution in [3.8, 4) is 0 Å². The molecule has 0 aliphatic carbocycles. The molecule has 27 heavy (non-hydrogen) atoms. The van der Waals surface area contributed by atoms with Gasteiger partial charge in [-0.15, -0.1) is 0 Å². The van der Waals surface area contributed by atoms with Crippen LogP contribution in [0.15, 0.2) is 0 Å². The van der Waals surface area contributed by atoms with Crippen molar-refractivity contribution in [2.24, 2.45) is 0 Å². The van der Waals surface area contributed by atoms with E-state index in [0.717, 1.165) is 25.7 Å². The van der Waals surface area contributed by atoms with Crippen LogP contribution < -0.4 is 0 Å². The van der Waals surface area contributed by atoms with Gasteiger partial charge in [-0.05, 0) is 12.8 Å². The highest BCUT2D eigenvalue weighted by Crippen LogP contribution is 2.50. The standard InChI is InChI=1S/C20H42NO5P/c1-3-5-7-9-11-13-17-24-27(22,26-21-15-19-23-20-16-21)25-18-14-12-10-8-6-4-2/h3-20H2,1-2H3. The largest absolute Gasteiger partial charge is 0.491 e. The predicted octanol–water partition coefficient (Wildman–Crippen LogP) is 6.11. The number of phosphoric ester groups is 1. The Morgan fingerprint density at radius 3 is 1.67 bits per heavy atom. The molecular formula is C20H42NO5P. The Hall–Kier alpha value is 0.0300. The molecule has 0 amide bonds. The molecule has 0 unspecified atom stereocenters. The smallest absolute Gasteiger partial charge is 0.379 e. The molecule has 0 spiro atoms. The molecule has 0 bridgehead atoms. The fraction of sp³-hybridized carbons (Fsp3) is 1.00. The summed E-state index contributed by atoms with van der Waals surface area (Å²) >= 11 is 0. The second kappa shape index (κ2) is 16.9. The molecule has 162 valence electrons. The van der Waals surface area contributed by atoms with Crippen molar-refractivity contribution in [1.29, 1.82) is 0 Å². The number of rotatable bonds is 18. The summed E-state index contributed by atoms with van der Waals surface area (Å²) in [5.41, 5.74) is 0. The van der Waals surface area contributed by atoms with E-state index in [1.54, 1.807) is 5.06 Å². The summed E-state index contributed by atoms with van der Waals surface area (Å²) in [6.45, 7) is 7.60. The summed E-state index contributed by atoms with van der Waals surface area (Å²) in [6.07, 6.45) is 13.9. The Morgan fingerprint density at radius 2 is 1.19 bits per heavy atom. The highest BCUT2D eigenvalue weighted by Gasteiger charge is 2.31. The molecule has 1 fully saturated rings. The van der Waals surface area contributed by atoms with Gasteiger partial charge in [0.1, 0.15) is 0 Å². The van der Waals surface area contributed by atoms with Crippen molar-refractivity contribution in [2.75, 3.05) is 39.5 Å². The van der Waals surface area contributed by atoms with Crippen molar-refractivity contribution in [3.05, 3.63) is 0 Å². The van der Waals surface area contributed by atoms with Crippen LogP contribution in [-0.2, 0) is 23.0 Å². The SMILES string of the molecule is CCCCCCCCOP(=O)(OCCCCCCCC)ON1CCOCC1. The average molecular weight is 408 g/mol. The molecule has 0 aromatic heterocycles. The van der Waals surface area contributed by atoms with Crippen LogP contribution in [0.3, 0.4) is 0 Å². The molecule has 0 aromatic rings. The maximum absolute atomic E-state index is 13.0. The van der Waals surface area contributed by atoms with E-state index in [1.165, 1.54) is 51.4 Å². The lowest BCUT2D eigenvalue weighted by molar-refractivity contribution is -0.138. The minimum atomic E-state index is -3.54. The third kappa shape index (κ3) is 13.8. The van der Waals surface area contributed by atoms with Crippen molar-refractivity contribution in [3.63, 3.8) is 0 Å². The summed E-state index contributed by atoms with van der Waals surface area (Å²) < 4.78 is 35.2. The van der Waals surface area contributed by atoms with E-state index in [4.69, 9.17) is 18.4 Å². The van der Waals surface area contributed by atoms with Crippen molar-refractivity contribution in [2.45, 2.75) is 90.9 Å². The van der Waals surface area contributed by atoms with Gasteiger partial charge < -0.3 is 4.74 Å². The number of ether oxygens (including phenoxy) is 1. The molecule has 1 rings (SSSR count). The molecule has 1 saturated heterocycles. The molecule has 0 radical (unpaired) electrons. The first-order chi connectivity index (χ1) is 13.2. The fourth-order valence-corrected chi connectivity index (χ4v) is 4.29. The maximum atomic E-state index is 13.0. The number of unbranched alkanes of at least 4 members (excludes halogenated alkanes) is 10. The zero-order valence-corrected chi connectivity index (χ0v) is 18.6. The minimum absolute atomic E-state index is 0.421. The summed E-state index contributed by atoms with van der Waals surface area (Å²) in [7, 11) is -3.54. The lowest BCUT2D eigenvalue weighted by atomic mass is 10.1. The molecule has 0 atom stereocenters. The third-order valence-corrected chi connectivity index (χ3v) is 6.11. The van der Waals surface area contributed by atoms with Gasteiger partial charge >= 0.3 is 7.82 Å².